The van der Waals surface area contributed by atoms with Crippen LogP contribution in [-0.2, 0) is 40.3 Å². The van der Waals surface area contributed by atoms with Gasteiger partial charge in [0, 0.05) is 39.3 Å². The zero-order valence-electron chi connectivity index (χ0n) is 28.5. The molecule has 0 amide bonds. The molecule has 1 aliphatic carbocycles. The lowest BCUT2D eigenvalue weighted by Crippen LogP contribution is -2.55. The zero-order chi connectivity index (χ0) is 34.1. The van der Waals surface area contributed by atoms with E-state index < -0.39 is 42.0 Å². The molecule has 3 aliphatic heterocycles. The molecule has 1 aromatic rings. The van der Waals surface area contributed by atoms with Crippen LogP contribution in [-0.4, -0.2) is 87.8 Å². The number of aryl methyl sites for hydroxylation is 1. The number of fused-ring (bicyclic) bond motifs is 3. The molecule has 4 heterocycles. The number of hydrogen-bond donors (Lipinski definition) is 2. The van der Waals surface area contributed by atoms with Crippen LogP contribution < -0.4 is 0 Å². The molecule has 11 nitrogen and oxygen atoms in total. The second kappa shape index (κ2) is 14.3. The molecule has 4 aliphatic rings. The molecule has 0 saturated carbocycles. The standard InChI is InChI=1S/C36H50N2O9/c1-21(2)28-11-8-22(3)29-15-24(14-27(40)10-9-26-17-38(6)20-37-26)35(5)12-13-36(43-7,47-35)25(16-30(28)29)18-44-34-33(46-23(4)39)32(42)31(41)19-45-34/h8-10,12-13,16-17,20-21,24,28-34,41-42H,11,14-15,18-19H2,1-7H3/t24-,28+,29-,30+,31+,32+,33-,34+,35-,36+/m0/s1. The smallest absolute Gasteiger partial charge is 0.303 e. The molecule has 11 heteroatoms. The van der Waals surface area contributed by atoms with Gasteiger partial charge >= 0.3 is 5.97 Å². The third-order valence-corrected chi connectivity index (χ3v) is 10.4. The summed E-state index contributed by atoms with van der Waals surface area (Å²) in [5.41, 5.74) is 1.87. The summed E-state index contributed by atoms with van der Waals surface area (Å²) in [5.74, 6) is -1.17. The number of carbonyl (C=O) groups excluding carboxylic acids is 2. The van der Waals surface area contributed by atoms with Crippen molar-refractivity contribution in [3.8, 4) is 0 Å². The number of hydrogen-bond acceptors (Lipinski definition) is 10. The number of aromatic nitrogens is 2. The Morgan fingerprint density at radius 2 is 2.02 bits per heavy atom. The first-order valence-electron chi connectivity index (χ1n) is 16.5. The fourth-order valence-electron chi connectivity index (χ4n) is 7.57. The van der Waals surface area contributed by atoms with Gasteiger partial charge in [-0.1, -0.05) is 37.6 Å². The Morgan fingerprint density at radius 3 is 2.68 bits per heavy atom. The lowest BCUT2D eigenvalue weighted by atomic mass is 9.63. The highest BCUT2D eigenvalue weighted by atomic mass is 16.7. The number of ketones is 1. The number of aliphatic hydroxyl groups excluding tert-OH is 2. The Morgan fingerprint density at radius 1 is 1.26 bits per heavy atom. The maximum atomic E-state index is 13.5. The molecule has 0 unspecified atom stereocenters. The summed E-state index contributed by atoms with van der Waals surface area (Å²) in [4.78, 5) is 29.7. The van der Waals surface area contributed by atoms with Gasteiger partial charge in [0.05, 0.1) is 30.8 Å². The first-order chi connectivity index (χ1) is 22.2. The summed E-state index contributed by atoms with van der Waals surface area (Å²) in [6.07, 6.45) is 12.3. The van der Waals surface area contributed by atoms with Crippen molar-refractivity contribution in [2.45, 2.75) is 89.9 Å². The predicted octanol–water partition coefficient (Wildman–Crippen LogP) is 3.91. The van der Waals surface area contributed by atoms with E-state index in [4.69, 9.17) is 23.7 Å². The Bertz CT molecular complexity index is 1430. The average molecular weight is 655 g/mol. The van der Waals surface area contributed by atoms with Crippen LogP contribution >= 0.6 is 0 Å². The van der Waals surface area contributed by atoms with E-state index in [9.17, 15) is 19.8 Å². The van der Waals surface area contributed by atoms with Gasteiger partial charge in [0.2, 0.25) is 5.79 Å². The summed E-state index contributed by atoms with van der Waals surface area (Å²) in [6, 6.07) is 0. The van der Waals surface area contributed by atoms with E-state index in [1.54, 1.807) is 25.6 Å². The molecule has 0 aromatic carbocycles. The first-order valence-corrected chi connectivity index (χ1v) is 16.5. The van der Waals surface area contributed by atoms with Crippen molar-refractivity contribution in [3.05, 3.63) is 59.7 Å². The predicted molar refractivity (Wildman–Crippen MR) is 173 cm³/mol. The first kappa shape index (κ1) is 35.4. The lowest BCUT2D eigenvalue weighted by molar-refractivity contribution is -0.276. The Kier molecular flexibility index (Phi) is 10.7. The number of allylic oxidation sites excluding steroid dienone is 4. The minimum Gasteiger partial charge on any atom is -0.454 e. The summed E-state index contributed by atoms with van der Waals surface area (Å²) < 4.78 is 32.2. The van der Waals surface area contributed by atoms with Gasteiger partial charge in [0.25, 0.3) is 0 Å². The van der Waals surface area contributed by atoms with Crippen molar-refractivity contribution >= 4 is 17.8 Å². The number of aliphatic hydroxyl groups is 2. The number of rotatable bonds is 10. The Balaban J connectivity index is 1.49. The van der Waals surface area contributed by atoms with Gasteiger partial charge in [0.1, 0.15) is 12.2 Å². The fourth-order valence-corrected chi connectivity index (χ4v) is 7.57. The van der Waals surface area contributed by atoms with Gasteiger partial charge in [-0.2, -0.15) is 0 Å². The van der Waals surface area contributed by atoms with Crippen molar-refractivity contribution in [1.29, 1.82) is 0 Å². The molecule has 0 spiro atoms. The molecule has 47 heavy (non-hydrogen) atoms. The number of nitrogens with zero attached hydrogens (tertiary/aromatic N) is 2. The zero-order valence-corrected chi connectivity index (χ0v) is 28.5. The molecule has 258 valence electrons. The highest BCUT2D eigenvalue weighted by molar-refractivity contribution is 5.93. The van der Waals surface area contributed by atoms with Crippen molar-refractivity contribution in [3.63, 3.8) is 0 Å². The molecular weight excluding hydrogens is 604 g/mol. The quantitative estimate of drug-likeness (QED) is 0.217. The van der Waals surface area contributed by atoms with Crippen LogP contribution in [0.15, 0.2) is 54.1 Å². The van der Waals surface area contributed by atoms with Crippen LogP contribution in [0, 0.1) is 29.6 Å². The molecule has 1 fully saturated rings. The second-order valence-electron chi connectivity index (χ2n) is 14.0. The summed E-state index contributed by atoms with van der Waals surface area (Å²) in [5, 5.41) is 20.8. The highest BCUT2D eigenvalue weighted by Gasteiger charge is 2.53. The molecule has 1 aromatic heterocycles. The summed E-state index contributed by atoms with van der Waals surface area (Å²) >= 11 is 0. The van der Waals surface area contributed by atoms with Crippen LogP contribution in [0.5, 0.6) is 0 Å². The van der Waals surface area contributed by atoms with E-state index in [1.165, 1.54) is 12.5 Å². The highest BCUT2D eigenvalue weighted by Crippen LogP contribution is 2.51. The molecular formula is C36H50N2O9. The van der Waals surface area contributed by atoms with Gasteiger partial charge in [-0.15, -0.1) is 0 Å². The summed E-state index contributed by atoms with van der Waals surface area (Å²) in [6.45, 7) is 9.67. The van der Waals surface area contributed by atoms with Crippen LogP contribution in [0.3, 0.4) is 0 Å². The van der Waals surface area contributed by atoms with Crippen molar-refractivity contribution in [1.82, 2.24) is 9.55 Å². The van der Waals surface area contributed by atoms with E-state index >= 15 is 0 Å². The largest absolute Gasteiger partial charge is 0.454 e. The van der Waals surface area contributed by atoms with Gasteiger partial charge in [-0.3, -0.25) is 9.59 Å². The van der Waals surface area contributed by atoms with Crippen LogP contribution in [0.1, 0.15) is 59.6 Å². The van der Waals surface area contributed by atoms with E-state index in [2.05, 4.69) is 37.9 Å². The molecule has 10 atom stereocenters. The van der Waals surface area contributed by atoms with Crippen molar-refractivity contribution in [2.75, 3.05) is 20.3 Å². The van der Waals surface area contributed by atoms with Gasteiger partial charge in [-0.05, 0) is 74.5 Å². The molecule has 0 radical (unpaired) electrons. The number of ether oxygens (including phenoxy) is 5. The molecule has 2 bridgehead atoms. The van der Waals surface area contributed by atoms with E-state index in [1.807, 2.05) is 36.9 Å². The van der Waals surface area contributed by atoms with E-state index in [0.717, 1.165) is 18.5 Å². The molecule has 1 saturated heterocycles. The normalized spacial score (nSPS) is 37.1. The Hall–Kier alpha value is -2.93. The van der Waals surface area contributed by atoms with Crippen molar-refractivity contribution in [2.24, 2.45) is 36.6 Å². The van der Waals surface area contributed by atoms with Gasteiger partial charge in [0.15, 0.2) is 18.2 Å². The second-order valence-corrected chi connectivity index (χ2v) is 14.0. The monoisotopic (exact) mass is 654 g/mol. The van der Waals surface area contributed by atoms with Crippen LogP contribution in [0.25, 0.3) is 6.08 Å². The SMILES string of the molecule is CO[C@]12C=C[C@](C)(O1)[C@@H](CC(=O)C=Cc1cn(C)cn1)C[C@H]1C(C)=CC[C@H](C(C)C)[C@H]1C=C2CO[C@@H]1OC[C@@H](O)[C@@H](O)[C@@H]1OC(C)=O. The average Bonchev–Trinajstić information content (AvgIpc) is 3.61. The molecule has 2 N–H and O–H groups in total. The van der Waals surface area contributed by atoms with Crippen molar-refractivity contribution < 1.29 is 43.5 Å². The minimum atomic E-state index is -1.37. The maximum absolute atomic E-state index is 13.5. The lowest BCUT2D eigenvalue weighted by Gasteiger charge is -2.41. The summed E-state index contributed by atoms with van der Waals surface area (Å²) in [7, 11) is 3.47. The topological polar surface area (TPSA) is 139 Å². The third-order valence-electron chi connectivity index (χ3n) is 10.4. The van der Waals surface area contributed by atoms with Gasteiger partial charge < -0.3 is 38.5 Å². The minimum absolute atomic E-state index is 0.00864. The number of methoxy groups -OCH3 is 1. The maximum Gasteiger partial charge on any atom is 0.303 e. The Labute approximate surface area is 277 Å². The number of imidazole rings is 1. The number of carbonyl (C=O) groups is 2. The fraction of sp³-hybridized carbons (Fsp3) is 0.639. The van der Waals surface area contributed by atoms with Crippen LogP contribution in [0.2, 0.25) is 0 Å². The van der Waals surface area contributed by atoms with Gasteiger partial charge in [-0.25, -0.2) is 4.98 Å². The third kappa shape index (κ3) is 7.55. The van der Waals surface area contributed by atoms with E-state index in [-0.39, 0.29) is 43.2 Å². The van der Waals surface area contributed by atoms with E-state index in [0.29, 0.717) is 17.4 Å². The molecule has 5 rings (SSSR count). The number of esters is 1. The van der Waals surface area contributed by atoms with Crippen LogP contribution in [0.4, 0.5) is 0 Å².